The molecule has 1 unspecified atom stereocenters. The molecule has 10 nitrogen and oxygen atoms in total. The zero-order valence-corrected chi connectivity index (χ0v) is 21.7. The number of non-ortho nitro benzene ring substituents is 1. The molecule has 0 aliphatic carbocycles. The second-order valence-corrected chi connectivity index (χ2v) is 9.06. The molecule has 1 N–H and O–H groups in total. The van der Waals surface area contributed by atoms with Gasteiger partial charge >= 0.3 is 11.9 Å². The largest absolute Gasteiger partial charge is 0.466 e. The molecule has 1 aliphatic rings. The molecule has 0 radical (unpaired) electrons. The summed E-state index contributed by atoms with van der Waals surface area (Å²) in [6.07, 6.45) is 5.53. The van der Waals surface area contributed by atoms with E-state index in [1.165, 1.54) is 25.3 Å². The molecule has 2 aromatic rings. The molecular formula is C27H33N3O7. The Morgan fingerprint density at radius 3 is 2.35 bits per heavy atom. The van der Waals surface area contributed by atoms with Gasteiger partial charge in [-0.15, -0.1) is 0 Å². The van der Waals surface area contributed by atoms with E-state index in [-0.39, 0.29) is 23.4 Å². The first-order chi connectivity index (χ1) is 17.7. The van der Waals surface area contributed by atoms with E-state index in [0.29, 0.717) is 23.4 Å². The van der Waals surface area contributed by atoms with Crippen molar-refractivity contribution >= 4 is 17.6 Å². The first-order valence-electron chi connectivity index (χ1n) is 12.3. The Kier molecular flexibility index (Phi) is 9.59. The molecule has 1 aromatic carbocycles. The molecule has 0 saturated carbocycles. The summed E-state index contributed by atoms with van der Waals surface area (Å²) in [7, 11) is 1.25. The molecule has 3 rings (SSSR count). The number of methoxy groups -OCH3 is 1. The third kappa shape index (κ3) is 7.05. The third-order valence-electron chi connectivity index (χ3n) is 6.29. The monoisotopic (exact) mass is 511 g/mol. The number of aryl methyl sites for hydroxylation is 2. The molecule has 198 valence electrons. The predicted octanol–water partition coefficient (Wildman–Crippen LogP) is 5.04. The van der Waals surface area contributed by atoms with E-state index in [4.69, 9.17) is 14.0 Å². The van der Waals surface area contributed by atoms with Crippen molar-refractivity contribution in [2.24, 2.45) is 0 Å². The molecule has 0 saturated heterocycles. The van der Waals surface area contributed by atoms with Crippen LogP contribution in [0, 0.1) is 17.0 Å². The van der Waals surface area contributed by atoms with Crippen LogP contribution in [0.1, 0.15) is 68.9 Å². The maximum atomic E-state index is 13.2. The van der Waals surface area contributed by atoms with Gasteiger partial charge in [0, 0.05) is 29.6 Å². The number of allylic oxidation sites excluding steroid dienone is 2. The van der Waals surface area contributed by atoms with Crippen LogP contribution >= 0.6 is 0 Å². The second kappa shape index (κ2) is 12.8. The Balaban J connectivity index is 1.63. The topological polar surface area (TPSA) is 134 Å². The number of nitrogens with zero attached hydrogens (tertiary/aromatic N) is 2. The van der Waals surface area contributed by atoms with Crippen LogP contribution in [0.25, 0.3) is 0 Å². The molecular weight excluding hydrogens is 478 g/mol. The van der Waals surface area contributed by atoms with Gasteiger partial charge in [-0.1, -0.05) is 36.6 Å². The maximum Gasteiger partial charge on any atom is 0.336 e. The van der Waals surface area contributed by atoms with Gasteiger partial charge in [-0.3, -0.25) is 10.1 Å². The van der Waals surface area contributed by atoms with E-state index < -0.39 is 22.8 Å². The third-order valence-corrected chi connectivity index (χ3v) is 6.29. The highest BCUT2D eigenvalue weighted by molar-refractivity contribution is 5.99. The van der Waals surface area contributed by atoms with Gasteiger partial charge in [0.05, 0.1) is 41.4 Å². The lowest BCUT2D eigenvalue weighted by Gasteiger charge is -2.30. The maximum absolute atomic E-state index is 13.2. The van der Waals surface area contributed by atoms with Crippen LogP contribution in [0.2, 0.25) is 0 Å². The summed E-state index contributed by atoms with van der Waals surface area (Å²) in [4.78, 5) is 36.8. The van der Waals surface area contributed by atoms with Gasteiger partial charge in [0.2, 0.25) is 0 Å². The number of hydrogen-bond donors (Lipinski definition) is 1. The van der Waals surface area contributed by atoms with Gasteiger partial charge in [-0.2, -0.15) is 0 Å². The minimum Gasteiger partial charge on any atom is -0.466 e. The van der Waals surface area contributed by atoms with Crippen LogP contribution < -0.4 is 5.32 Å². The normalized spacial score (nSPS) is 15.4. The number of nitrogens with one attached hydrogen (secondary N) is 1. The van der Waals surface area contributed by atoms with E-state index in [9.17, 15) is 19.7 Å². The van der Waals surface area contributed by atoms with E-state index in [1.54, 1.807) is 19.9 Å². The number of hydrogen-bond acceptors (Lipinski definition) is 9. The van der Waals surface area contributed by atoms with Crippen molar-refractivity contribution in [2.75, 3.05) is 13.7 Å². The Labute approximate surface area is 215 Å². The summed E-state index contributed by atoms with van der Waals surface area (Å²) in [5, 5.41) is 18.4. The molecule has 1 aliphatic heterocycles. The highest BCUT2D eigenvalue weighted by Crippen LogP contribution is 2.40. The molecule has 10 heteroatoms. The molecule has 37 heavy (non-hydrogen) atoms. The average molecular weight is 512 g/mol. The lowest BCUT2D eigenvalue weighted by Crippen LogP contribution is -2.32. The SMILES string of the molecule is COC(=O)C1=C(C)NC(C)=C(C(=O)OCCCCCCCc2cc(C)on2)C1c1cccc([N+](=O)[O-])c1. The van der Waals surface area contributed by atoms with Gasteiger partial charge in [-0.25, -0.2) is 9.59 Å². The van der Waals surface area contributed by atoms with Crippen molar-refractivity contribution in [3.05, 3.63) is 80.0 Å². The van der Waals surface area contributed by atoms with E-state index >= 15 is 0 Å². The minimum absolute atomic E-state index is 0.137. The van der Waals surface area contributed by atoms with Crippen LogP contribution in [0.15, 0.2) is 57.4 Å². The first-order valence-corrected chi connectivity index (χ1v) is 12.3. The van der Waals surface area contributed by atoms with Crippen LogP contribution in [0.3, 0.4) is 0 Å². The van der Waals surface area contributed by atoms with Crippen molar-refractivity contribution in [1.82, 2.24) is 10.5 Å². The number of rotatable bonds is 12. The lowest BCUT2D eigenvalue weighted by atomic mass is 9.80. The Bertz CT molecular complexity index is 1210. The summed E-state index contributed by atoms with van der Waals surface area (Å²) < 4.78 is 15.6. The van der Waals surface area contributed by atoms with Crippen LogP contribution in [0.4, 0.5) is 5.69 Å². The summed E-state index contributed by atoms with van der Waals surface area (Å²) in [5.41, 5.74) is 2.74. The number of dihydropyridines is 1. The number of benzene rings is 1. The van der Waals surface area contributed by atoms with Crippen molar-refractivity contribution in [3.63, 3.8) is 0 Å². The Hall–Kier alpha value is -3.95. The van der Waals surface area contributed by atoms with E-state index in [0.717, 1.165) is 43.6 Å². The van der Waals surface area contributed by atoms with Gasteiger partial charge in [-0.05, 0) is 45.6 Å². The van der Waals surface area contributed by atoms with Crippen LogP contribution in [-0.2, 0) is 25.5 Å². The smallest absolute Gasteiger partial charge is 0.336 e. The predicted molar refractivity (Wildman–Crippen MR) is 135 cm³/mol. The fourth-order valence-corrected chi connectivity index (χ4v) is 4.51. The average Bonchev–Trinajstić information content (AvgIpc) is 3.29. The number of unbranched alkanes of at least 4 members (excludes halogenated alkanes) is 4. The zero-order chi connectivity index (χ0) is 26.9. The van der Waals surface area contributed by atoms with Gasteiger partial charge in [0.15, 0.2) is 0 Å². The van der Waals surface area contributed by atoms with E-state index in [1.807, 2.05) is 13.0 Å². The number of aromatic nitrogens is 1. The molecule has 1 aromatic heterocycles. The summed E-state index contributed by atoms with van der Waals surface area (Å²) in [6.45, 7) is 5.52. The van der Waals surface area contributed by atoms with Crippen molar-refractivity contribution in [2.45, 2.75) is 65.2 Å². The fraction of sp³-hybridized carbons (Fsp3) is 0.444. The number of esters is 2. The first kappa shape index (κ1) is 27.6. The van der Waals surface area contributed by atoms with Gasteiger partial charge in [0.1, 0.15) is 5.76 Å². The Morgan fingerprint density at radius 2 is 1.70 bits per heavy atom. The zero-order valence-electron chi connectivity index (χ0n) is 21.7. The van der Waals surface area contributed by atoms with Gasteiger partial charge in [0.25, 0.3) is 5.69 Å². The molecule has 1 atom stereocenters. The number of carbonyl (C=O) groups is 2. The molecule has 0 spiro atoms. The lowest BCUT2D eigenvalue weighted by molar-refractivity contribution is -0.384. The number of ether oxygens (including phenoxy) is 2. The van der Waals surface area contributed by atoms with Crippen molar-refractivity contribution < 1.29 is 28.5 Å². The summed E-state index contributed by atoms with van der Waals surface area (Å²) in [6, 6.07) is 7.86. The quantitative estimate of drug-likeness (QED) is 0.180. The molecule has 0 fully saturated rings. The minimum atomic E-state index is -0.860. The molecule has 2 heterocycles. The van der Waals surface area contributed by atoms with E-state index in [2.05, 4.69) is 10.5 Å². The molecule has 0 amide bonds. The highest BCUT2D eigenvalue weighted by Gasteiger charge is 2.38. The summed E-state index contributed by atoms with van der Waals surface area (Å²) >= 11 is 0. The molecule has 0 bridgehead atoms. The van der Waals surface area contributed by atoms with Crippen molar-refractivity contribution in [1.29, 1.82) is 0 Å². The number of nitro benzene ring substituents is 1. The highest BCUT2D eigenvalue weighted by atomic mass is 16.6. The Morgan fingerprint density at radius 1 is 1.03 bits per heavy atom. The van der Waals surface area contributed by atoms with Crippen molar-refractivity contribution in [3.8, 4) is 0 Å². The summed E-state index contributed by atoms with van der Waals surface area (Å²) in [5.74, 6) is -1.24. The second-order valence-electron chi connectivity index (χ2n) is 9.06. The number of carbonyl (C=O) groups excluding carboxylic acids is 2. The fourth-order valence-electron chi connectivity index (χ4n) is 4.51. The van der Waals surface area contributed by atoms with Gasteiger partial charge < -0.3 is 19.3 Å². The standard InChI is InChI=1S/C27H33N3O7/c1-17-15-21(29-37-17)12-8-6-5-7-9-14-36-27(32)24-19(3)28-18(2)23(26(31)35-4)25(24)20-11-10-13-22(16-20)30(33)34/h10-11,13,15-16,25,28H,5-9,12,14H2,1-4H3. The van der Waals surface area contributed by atoms with Crippen LogP contribution in [0.5, 0.6) is 0 Å². The van der Waals surface area contributed by atoms with Crippen LogP contribution in [-0.4, -0.2) is 35.7 Å². The number of nitro groups is 1.